The Kier molecular flexibility index (Phi) is 4.50. The minimum Gasteiger partial charge on any atom is -0.322 e. The third-order valence-corrected chi connectivity index (χ3v) is 4.97. The van der Waals surface area contributed by atoms with E-state index < -0.39 is 0 Å². The first-order valence-electron chi connectivity index (χ1n) is 9.21. The van der Waals surface area contributed by atoms with Crippen molar-refractivity contribution in [2.45, 2.75) is 20.4 Å². The fourth-order valence-electron chi connectivity index (χ4n) is 3.46. The first-order valence-corrected chi connectivity index (χ1v) is 9.21. The van der Waals surface area contributed by atoms with Gasteiger partial charge in [0.15, 0.2) is 0 Å². The van der Waals surface area contributed by atoms with Crippen LogP contribution in [-0.2, 0) is 6.54 Å². The number of fused-ring (bicyclic) bond motifs is 1. The van der Waals surface area contributed by atoms with Gasteiger partial charge in [0.05, 0.1) is 23.4 Å². The van der Waals surface area contributed by atoms with E-state index >= 15 is 0 Å². The fourth-order valence-corrected chi connectivity index (χ4v) is 3.46. The summed E-state index contributed by atoms with van der Waals surface area (Å²) >= 11 is 0. The quantitative estimate of drug-likeness (QED) is 0.697. The number of carbonyl (C=O) groups excluding carboxylic acids is 3. The summed E-state index contributed by atoms with van der Waals surface area (Å²) in [4.78, 5) is 37.9. The molecule has 1 aliphatic heterocycles. The molecule has 1 aromatic heterocycles. The molecular weight excluding hydrogens is 368 g/mol. The van der Waals surface area contributed by atoms with Gasteiger partial charge in [-0.2, -0.15) is 5.10 Å². The molecule has 4 rings (SSSR count). The Morgan fingerprint density at radius 3 is 2.48 bits per heavy atom. The summed E-state index contributed by atoms with van der Waals surface area (Å²) in [5, 5.41) is 7.25. The second-order valence-electron chi connectivity index (χ2n) is 7.17. The van der Waals surface area contributed by atoms with Crippen molar-refractivity contribution in [2.24, 2.45) is 0 Å². The van der Waals surface area contributed by atoms with Gasteiger partial charge < -0.3 is 5.32 Å². The van der Waals surface area contributed by atoms with E-state index in [0.717, 1.165) is 21.9 Å². The first-order chi connectivity index (χ1) is 13.8. The van der Waals surface area contributed by atoms with Crippen molar-refractivity contribution in [3.05, 3.63) is 82.2 Å². The van der Waals surface area contributed by atoms with Gasteiger partial charge in [0.1, 0.15) is 0 Å². The number of benzene rings is 2. The van der Waals surface area contributed by atoms with E-state index in [2.05, 4.69) is 10.4 Å². The minimum absolute atomic E-state index is 0.287. The molecule has 2 aromatic carbocycles. The standard InChI is InChI=1S/C22H20N4O3/c1-13-9-14(2)26(24-13)12-15-5-4-6-16(10-15)20(27)23-17-7-8-18-19(11-17)22(29)25(3)21(18)28/h4-11H,12H2,1-3H3,(H,23,27). The summed E-state index contributed by atoms with van der Waals surface area (Å²) in [7, 11) is 1.44. The van der Waals surface area contributed by atoms with Crippen molar-refractivity contribution in [3.8, 4) is 0 Å². The maximum atomic E-state index is 12.7. The monoisotopic (exact) mass is 388 g/mol. The van der Waals surface area contributed by atoms with Crippen molar-refractivity contribution >= 4 is 23.4 Å². The van der Waals surface area contributed by atoms with Gasteiger partial charge in [-0.1, -0.05) is 12.1 Å². The van der Waals surface area contributed by atoms with Crippen molar-refractivity contribution in [3.63, 3.8) is 0 Å². The van der Waals surface area contributed by atoms with Gasteiger partial charge in [-0.3, -0.25) is 24.0 Å². The highest BCUT2D eigenvalue weighted by molar-refractivity contribution is 6.21. The molecular formula is C22H20N4O3. The molecule has 3 aromatic rings. The highest BCUT2D eigenvalue weighted by Crippen LogP contribution is 2.25. The average Bonchev–Trinajstić information content (AvgIpc) is 3.12. The molecule has 7 heteroatoms. The lowest BCUT2D eigenvalue weighted by Gasteiger charge is -2.09. The number of carbonyl (C=O) groups is 3. The number of hydrogen-bond acceptors (Lipinski definition) is 4. The van der Waals surface area contributed by atoms with E-state index in [-0.39, 0.29) is 17.7 Å². The SMILES string of the molecule is Cc1cc(C)n(Cc2cccc(C(=O)Nc3ccc4c(c3)C(=O)N(C)C4=O)c2)n1. The van der Waals surface area contributed by atoms with Gasteiger partial charge in [-0.15, -0.1) is 0 Å². The molecule has 0 saturated carbocycles. The molecule has 0 spiro atoms. The van der Waals surface area contributed by atoms with Crippen LogP contribution in [0.5, 0.6) is 0 Å². The zero-order valence-electron chi connectivity index (χ0n) is 16.4. The molecule has 1 aliphatic rings. The number of nitrogens with zero attached hydrogens (tertiary/aromatic N) is 3. The van der Waals surface area contributed by atoms with Gasteiger partial charge in [0, 0.05) is 24.0 Å². The molecule has 146 valence electrons. The maximum absolute atomic E-state index is 12.7. The molecule has 0 saturated heterocycles. The summed E-state index contributed by atoms with van der Waals surface area (Å²) in [5.74, 6) is -0.988. The van der Waals surface area contributed by atoms with Crippen LogP contribution >= 0.6 is 0 Å². The van der Waals surface area contributed by atoms with E-state index in [1.54, 1.807) is 18.2 Å². The van der Waals surface area contributed by atoms with E-state index in [0.29, 0.717) is 28.9 Å². The summed E-state index contributed by atoms with van der Waals surface area (Å²) in [5.41, 5.74) is 4.58. The Labute approximate surface area is 167 Å². The Bertz CT molecular complexity index is 1160. The third kappa shape index (κ3) is 3.42. The van der Waals surface area contributed by atoms with Crippen LogP contribution in [0.15, 0.2) is 48.5 Å². The lowest BCUT2D eigenvalue weighted by atomic mass is 10.1. The van der Waals surface area contributed by atoms with Crippen LogP contribution in [0.4, 0.5) is 5.69 Å². The molecule has 1 N–H and O–H groups in total. The number of rotatable bonds is 4. The molecule has 2 heterocycles. The number of amides is 3. The smallest absolute Gasteiger partial charge is 0.261 e. The van der Waals surface area contributed by atoms with Crippen LogP contribution in [0.3, 0.4) is 0 Å². The van der Waals surface area contributed by atoms with Crippen molar-refractivity contribution in [1.29, 1.82) is 0 Å². The van der Waals surface area contributed by atoms with Crippen LogP contribution in [0.2, 0.25) is 0 Å². The van der Waals surface area contributed by atoms with Gasteiger partial charge in [0.25, 0.3) is 17.7 Å². The molecule has 0 unspecified atom stereocenters. The Morgan fingerprint density at radius 2 is 1.76 bits per heavy atom. The lowest BCUT2D eigenvalue weighted by Crippen LogP contribution is -2.24. The zero-order valence-corrected chi connectivity index (χ0v) is 16.4. The minimum atomic E-state index is -0.368. The molecule has 0 bridgehead atoms. The number of aryl methyl sites for hydroxylation is 2. The topological polar surface area (TPSA) is 84.3 Å². The Balaban J connectivity index is 1.53. The van der Waals surface area contributed by atoms with Crippen LogP contribution < -0.4 is 5.32 Å². The number of anilines is 1. The van der Waals surface area contributed by atoms with Gasteiger partial charge >= 0.3 is 0 Å². The van der Waals surface area contributed by atoms with Gasteiger partial charge in [0.2, 0.25) is 0 Å². The number of aromatic nitrogens is 2. The zero-order chi connectivity index (χ0) is 20.7. The second kappa shape index (κ2) is 7.01. The highest BCUT2D eigenvalue weighted by Gasteiger charge is 2.32. The summed E-state index contributed by atoms with van der Waals surface area (Å²) in [6, 6.07) is 14.1. The second-order valence-corrected chi connectivity index (χ2v) is 7.17. The first kappa shape index (κ1) is 18.6. The van der Waals surface area contributed by atoms with E-state index in [1.807, 2.05) is 42.8 Å². The summed E-state index contributed by atoms with van der Waals surface area (Å²) in [6.07, 6.45) is 0. The molecule has 7 nitrogen and oxygen atoms in total. The molecule has 3 amide bonds. The summed E-state index contributed by atoms with van der Waals surface area (Å²) < 4.78 is 1.89. The lowest BCUT2D eigenvalue weighted by molar-refractivity contribution is 0.0692. The number of hydrogen-bond donors (Lipinski definition) is 1. The van der Waals surface area contributed by atoms with Crippen LogP contribution in [0.1, 0.15) is 48.0 Å². The largest absolute Gasteiger partial charge is 0.322 e. The van der Waals surface area contributed by atoms with Crippen LogP contribution in [-0.4, -0.2) is 39.4 Å². The molecule has 0 aliphatic carbocycles. The van der Waals surface area contributed by atoms with Crippen molar-refractivity contribution in [1.82, 2.24) is 14.7 Å². The molecule has 0 atom stereocenters. The summed E-state index contributed by atoms with van der Waals surface area (Å²) in [6.45, 7) is 4.51. The predicted octanol–water partition coefficient (Wildman–Crippen LogP) is 3.03. The van der Waals surface area contributed by atoms with Crippen LogP contribution in [0, 0.1) is 13.8 Å². The number of nitrogens with one attached hydrogen (secondary N) is 1. The fraction of sp³-hybridized carbons (Fsp3) is 0.182. The normalized spacial score (nSPS) is 13.0. The van der Waals surface area contributed by atoms with Crippen molar-refractivity contribution in [2.75, 3.05) is 12.4 Å². The third-order valence-electron chi connectivity index (χ3n) is 4.97. The van der Waals surface area contributed by atoms with E-state index in [1.165, 1.54) is 13.1 Å². The Hall–Kier alpha value is -3.74. The van der Waals surface area contributed by atoms with Crippen LogP contribution in [0.25, 0.3) is 0 Å². The predicted molar refractivity (Wildman–Crippen MR) is 108 cm³/mol. The molecule has 0 fully saturated rings. The van der Waals surface area contributed by atoms with Crippen molar-refractivity contribution < 1.29 is 14.4 Å². The van der Waals surface area contributed by atoms with E-state index in [9.17, 15) is 14.4 Å². The van der Waals surface area contributed by atoms with Gasteiger partial charge in [-0.05, 0) is 55.8 Å². The molecule has 0 radical (unpaired) electrons. The maximum Gasteiger partial charge on any atom is 0.261 e. The number of imide groups is 1. The highest BCUT2D eigenvalue weighted by atomic mass is 16.2. The Morgan fingerprint density at radius 1 is 1.00 bits per heavy atom. The van der Waals surface area contributed by atoms with Gasteiger partial charge in [-0.25, -0.2) is 0 Å². The molecule has 29 heavy (non-hydrogen) atoms. The average molecular weight is 388 g/mol. The van der Waals surface area contributed by atoms with E-state index in [4.69, 9.17) is 0 Å².